The van der Waals surface area contributed by atoms with Crippen LogP contribution in [0.5, 0.6) is 0 Å². The Bertz CT molecular complexity index is 3190. The van der Waals surface area contributed by atoms with Gasteiger partial charge in [0.25, 0.3) is 0 Å². The van der Waals surface area contributed by atoms with Gasteiger partial charge in [0.2, 0.25) is 0 Å². The first-order valence-corrected chi connectivity index (χ1v) is 19.5. The molecule has 0 atom stereocenters. The first-order chi connectivity index (χ1) is 27.8. The number of benzene rings is 7. The maximum absolute atomic E-state index is 5.26. The van der Waals surface area contributed by atoms with Crippen molar-refractivity contribution >= 4 is 53.4 Å². The fraction of sp³-hybridized carbons (Fsp3) is 0. The van der Waals surface area contributed by atoms with Crippen LogP contribution in [0.4, 0.5) is 0 Å². The van der Waals surface area contributed by atoms with E-state index in [1.54, 1.807) is 0 Å². The third kappa shape index (κ3) is 5.38. The van der Waals surface area contributed by atoms with E-state index in [9.17, 15) is 0 Å². The maximum atomic E-state index is 5.26. The number of fused-ring (bicyclic) bond motifs is 6. The second-order valence-electron chi connectivity index (χ2n) is 13.9. The monoisotopic (exact) mass is 733 g/mol. The number of para-hydroxylation sites is 1. The average Bonchev–Trinajstić information content (AvgIpc) is 3.83. The Morgan fingerprint density at radius 3 is 1.80 bits per heavy atom. The zero-order valence-corrected chi connectivity index (χ0v) is 30.9. The Morgan fingerprint density at radius 2 is 1.00 bits per heavy atom. The molecule has 4 heterocycles. The predicted octanol–water partition coefficient (Wildman–Crippen LogP) is 13.1. The lowest BCUT2D eigenvalue weighted by Gasteiger charge is -2.16. The summed E-state index contributed by atoms with van der Waals surface area (Å²) in [6.07, 6.45) is 1.86. The van der Waals surface area contributed by atoms with Crippen LogP contribution in [0.15, 0.2) is 188 Å². The van der Waals surface area contributed by atoms with Crippen molar-refractivity contribution < 1.29 is 0 Å². The Kier molecular flexibility index (Phi) is 7.60. The summed E-state index contributed by atoms with van der Waals surface area (Å²) in [4.78, 5) is 20.5. The molecule has 0 fully saturated rings. The largest absolute Gasteiger partial charge is 0.293 e. The van der Waals surface area contributed by atoms with Crippen LogP contribution in [0.1, 0.15) is 0 Å². The summed E-state index contributed by atoms with van der Waals surface area (Å²) in [5, 5.41) is 4.81. The van der Waals surface area contributed by atoms with E-state index in [2.05, 4.69) is 144 Å². The zero-order valence-electron chi connectivity index (χ0n) is 30.0. The molecule has 5 nitrogen and oxygen atoms in total. The molecule has 0 N–H and O–H groups in total. The molecule has 6 heteroatoms. The molecule has 0 aliphatic carbocycles. The molecule has 0 saturated heterocycles. The van der Waals surface area contributed by atoms with Gasteiger partial charge in [-0.05, 0) is 58.7 Å². The van der Waals surface area contributed by atoms with E-state index < -0.39 is 0 Å². The van der Waals surface area contributed by atoms with Gasteiger partial charge in [-0.1, -0.05) is 146 Å². The summed E-state index contributed by atoms with van der Waals surface area (Å²) < 4.78 is 4.84. The summed E-state index contributed by atoms with van der Waals surface area (Å²) in [5.41, 5.74) is 10.2. The van der Waals surface area contributed by atoms with Gasteiger partial charge in [0, 0.05) is 53.8 Å². The standard InChI is InChI=1S/C50H31N5S/c1-3-13-32(14-4-1)36-28-29-42(44(31-36)55-43-22-9-7-17-38(43)41-21-12-30-51-50(41)55)49-53-47(34-15-5-2-6-16-34)52-48(54-49)35-26-24-33(25-27-35)37-19-11-20-40-39-18-8-10-23-45(39)56-46(37)40/h1-31H. The molecule has 0 aliphatic rings. The molecule has 0 radical (unpaired) electrons. The number of pyridine rings is 1. The van der Waals surface area contributed by atoms with E-state index >= 15 is 0 Å². The van der Waals surface area contributed by atoms with Gasteiger partial charge in [0.15, 0.2) is 17.5 Å². The van der Waals surface area contributed by atoms with Gasteiger partial charge in [-0.15, -0.1) is 11.3 Å². The zero-order chi connectivity index (χ0) is 37.0. The molecule has 0 spiro atoms. The van der Waals surface area contributed by atoms with E-state index in [1.807, 2.05) is 60.0 Å². The average molecular weight is 734 g/mol. The van der Waals surface area contributed by atoms with Crippen molar-refractivity contribution in [3.63, 3.8) is 0 Å². The summed E-state index contributed by atoms with van der Waals surface area (Å²) in [6.45, 7) is 0. The molecule has 262 valence electrons. The van der Waals surface area contributed by atoms with E-state index in [0.717, 1.165) is 61.0 Å². The number of hydrogen-bond acceptors (Lipinski definition) is 5. The molecule has 4 aromatic heterocycles. The van der Waals surface area contributed by atoms with Crippen molar-refractivity contribution in [3.05, 3.63) is 188 Å². The van der Waals surface area contributed by atoms with Gasteiger partial charge < -0.3 is 0 Å². The number of nitrogens with zero attached hydrogens (tertiary/aromatic N) is 5. The number of aromatic nitrogens is 5. The highest BCUT2D eigenvalue weighted by Crippen LogP contribution is 2.41. The van der Waals surface area contributed by atoms with Gasteiger partial charge in [-0.2, -0.15) is 0 Å². The van der Waals surface area contributed by atoms with Gasteiger partial charge in [-0.25, -0.2) is 19.9 Å². The molecule has 11 aromatic rings. The highest BCUT2D eigenvalue weighted by molar-refractivity contribution is 7.26. The van der Waals surface area contributed by atoms with E-state index in [0.29, 0.717) is 17.5 Å². The first-order valence-electron chi connectivity index (χ1n) is 18.6. The normalized spacial score (nSPS) is 11.6. The molecule has 11 rings (SSSR count). The molecule has 0 amide bonds. The summed E-state index contributed by atoms with van der Waals surface area (Å²) >= 11 is 1.84. The van der Waals surface area contributed by atoms with E-state index in [1.165, 1.54) is 25.7 Å². The van der Waals surface area contributed by atoms with Crippen molar-refractivity contribution in [1.29, 1.82) is 0 Å². The molecule has 56 heavy (non-hydrogen) atoms. The van der Waals surface area contributed by atoms with Crippen molar-refractivity contribution in [2.24, 2.45) is 0 Å². The van der Waals surface area contributed by atoms with Crippen LogP contribution >= 0.6 is 11.3 Å². The van der Waals surface area contributed by atoms with Crippen LogP contribution in [-0.2, 0) is 0 Å². The lowest BCUT2D eigenvalue weighted by molar-refractivity contribution is 1.06. The molecule has 0 aliphatic heterocycles. The fourth-order valence-corrected chi connectivity index (χ4v) is 9.11. The van der Waals surface area contributed by atoms with Crippen LogP contribution in [0.2, 0.25) is 0 Å². The minimum Gasteiger partial charge on any atom is -0.293 e. The van der Waals surface area contributed by atoms with Crippen molar-refractivity contribution in [3.8, 4) is 62.1 Å². The third-order valence-electron chi connectivity index (χ3n) is 10.5. The second-order valence-corrected chi connectivity index (χ2v) is 14.9. The number of rotatable bonds is 6. The summed E-state index contributed by atoms with van der Waals surface area (Å²) in [7, 11) is 0. The minimum atomic E-state index is 0.587. The molecule has 0 bridgehead atoms. The first kappa shape index (κ1) is 32.2. The number of thiophene rings is 1. The summed E-state index contributed by atoms with van der Waals surface area (Å²) in [6, 6.07) is 63.6. The van der Waals surface area contributed by atoms with Crippen LogP contribution in [0.25, 0.3) is 104 Å². The Morgan fingerprint density at radius 1 is 0.393 bits per heavy atom. The maximum Gasteiger partial charge on any atom is 0.166 e. The number of hydrogen-bond donors (Lipinski definition) is 0. The van der Waals surface area contributed by atoms with Gasteiger partial charge in [0.05, 0.1) is 11.2 Å². The van der Waals surface area contributed by atoms with Crippen LogP contribution in [-0.4, -0.2) is 24.5 Å². The highest BCUT2D eigenvalue weighted by Gasteiger charge is 2.21. The van der Waals surface area contributed by atoms with Gasteiger partial charge >= 0.3 is 0 Å². The molecular weight excluding hydrogens is 703 g/mol. The van der Waals surface area contributed by atoms with Crippen molar-refractivity contribution in [2.75, 3.05) is 0 Å². The highest BCUT2D eigenvalue weighted by atomic mass is 32.1. The minimum absolute atomic E-state index is 0.587. The molecule has 0 unspecified atom stereocenters. The van der Waals surface area contributed by atoms with E-state index in [-0.39, 0.29) is 0 Å². The fourth-order valence-electron chi connectivity index (χ4n) is 7.87. The Hall–Kier alpha value is -7.28. The van der Waals surface area contributed by atoms with Crippen LogP contribution < -0.4 is 0 Å². The van der Waals surface area contributed by atoms with Gasteiger partial charge in [0.1, 0.15) is 5.65 Å². The topological polar surface area (TPSA) is 56.5 Å². The Labute approximate surface area is 326 Å². The van der Waals surface area contributed by atoms with Crippen LogP contribution in [0, 0.1) is 0 Å². The van der Waals surface area contributed by atoms with Gasteiger partial charge in [-0.3, -0.25) is 4.57 Å². The Balaban J connectivity index is 1.11. The summed E-state index contributed by atoms with van der Waals surface area (Å²) in [5.74, 6) is 1.81. The lowest BCUT2D eigenvalue weighted by Crippen LogP contribution is -2.04. The SMILES string of the molecule is c1ccc(-c2ccc(-c3nc(-c4ccccc4)nc(-c4ccc(-c5cccc6c5sc5ccccc56)cc4)n3)c(-n3c4ccccc4c4cccnc43)c2)cc1. The van der Waals surface area contributed by atoms with Crippen LogP contribution in [0.3, 0.4) is 0 Å². The smallest absolute Gasteiger partial charge is 0.166 e. The molecule has 0 saturated carbocycles. The second kappa shape index (κ2) is 13.2. The van der Waals surface area contributed by atoms with Crippen molar-refractivity contribution in [2.45, 2.75) is 0 Å². The van der Waals surface area contributed by atoms with E-state index in [4.69, 9.17) is 19.9 Å². The molecular formula is C50H31N5S. The lowest BCUT2D eigenvalue weighted by atomic mass is 10.0. The predicted molar refractivity (Wildman–Crippen MR) is 232 cm³/mol. The molecule has 7 aromatic carbocycles. The quantitative estimate of drug-likeness (QED) is 0.171. The third-order valence-corrected chi connectivity index (χ3v) is 11.8. The van der Waals surface area contributed by atoms with Crippen molar-refractivity contribution in [1.82, 2.24) is 24.5 Å².